The Kier molecular flexibility index (Phi) is 3.66. The maximum atomic E-state index is 12.2. The fourth-order valence-electron chi connectivity index (χ4n) is 2.76. The number of hydrogen-bond donors (Lipinski definition) is 2. The molecule has 6 nitrogen and oxygen atoms in total. The normalized spacial score (nSPS) is 24.7. The fourth-order valence-corrected chi connectivity index (χ4v) is 4.32. The van der Waals surface area contributed by atoms with E-state index in [1.165, 1.54) is 4.31 Å². The monoisotopic (exact) mass is 289 g/mol. The standard InChI is InChI=1S/C12H23N3O3S/c1-11(2,3)14-19(17,18)15-6-4-12(5-7-15)8-10(16)13-9-12/h14H,4-9H2,1-3H3,(H,13,16). The zero-order valence-electron chi connectivity index (χ0n) is 11.8. The molecule has 2 N–H and O–H groups in total. The number of amides is 1. The number of nitrogens with one attached hydrogen (secondary N) is 2. The summed E-state index contributed by atoms with van der Waals surface area (Å²) in [6.45, 7) is 7.15. The van der Waals surface area contributed by atoms with Crippen LogP contribution in [0.5, 0.6) is 0 Å². The number of carbonyl (C=O) groups is 1. The average molecular weight is 289 g/mol. The van der Waals surface area contributed by atoms with Crippen LogP contribution in [0.2, 0.25) is 0 Å². The molecule has 2 fully saturated rings. The van der Waals surface area contributed by atoms with Gasteiger partial charge in [-0.3, -0.25) is 4.79 Å². The molecular formula is C12H23N3O3S. The Bertz CT molecular complexity index is 459. The minimum absolute atomic E-state index is 0.0230. The summed E-state index contributed by atoms with van der Waals surface area (Å²) in [7, 11) is -3.42. The second-order valence-electron chi connectivity index (χ2n) is 6.71. The zero-order valence-corrected chi connectivity index (χ0v) is 12.6. The molecule has 2 heterocycles. The van der Waals surface area contributed by atoms with Crippen LogP contribution < -0.4 is 10.0 Å². The number of hydrogen-bond acceptors (Lipinski definition) is 3. The predicted molar refractivity (Wildman–Crippen MR) is 72.7 cm³/mol. The largest absolute Gasteiger partial charge is 0.356 e. The molecule has 19 heavy (non-hydrogen) atoms. The lowest BCUT2D eigenvalue weighted by Gasteiger charge is -2.38. The molecule has 7 heteroatoms. The maximum Gasteiger partial charge on any atom is 0.279 e. The van der Waals surface area contributed by atoms with E-state index in [0.29, 0.717) is 26.1 Å². The summed E-state index contributed by atoms with van der Waals surface area (Å²) in [5.74, 6) is 0.0872. The van der Waals surface area contributed by atoms with Gasteiger partial charge < -0.3 is 5.32 Å². The summed E-state index contributed by atoms with van der Waals surface area (Å²) in [6.07, 6.45) is 2.03. The molecule has 2 aliphatic rings. The van der Waals surface area contributed by atoms with Gasteiger partial charge in [0.25, 0.3) is 10.2 Å². The van der Waals surface area contributed by atoms with Crippen LogP contribution in [0.4, 0.5) is 0 Å². The van der Waals surface area contributed by atoms with Gasteiger partial charge in [0.2, 0.25) is 5.91 Å². The van der Waals surface area contributed by atoms with E-state index >= 15 is 0 Å². The van der Waals surface area contributed by atoms with Crippen molar-refractivity contribution in [2.45, 2.75) is 45.6 Å². The fraction of sp³-hybridized carbons (Fsp3) is 0.917. The first-order valence-electron chi connectivity index (χ1n) is 6.68. The molecule has 0 bridgehead atoms. The first-order valence-corrected chi connectivity index (χ1v) is 8.12. The molecule has 0 aromatic carbocycles. The van der Waals surface area contributed by atoms with Crippen molar-refractivity contribution in [2.75, 3.05) is 19.6 Å². The summed E-state index contributed by atoms with van der Waals surface area (Å²) in [5.41, 5.74) is -0.496. The first-order chi connectivity index (χ1) is 8.62. The van der Waals surface area contributed by atoms with E-state index in [4.69, 9.17) is 0 Å². The van der Waals surface area contributed by atoms with Gasteiger partial charge in [-0.05, 0) is 39.0 Å². The summed E-state index contributed by atoms with van der Waals surface area (Å²) < 4.78 is 28.6. The molecule has 1 amide bonds. The van der Waals surface area contributed by atoms with Crippen LogP contribution in [0.1, 0.15) is 40.0 Å². The Morgan fingerprint density at radius 2 is 1.84 bits per heavy atom. The van der Waals surface area contributed by atoms with Crippen molar-refractivity contribution in [3.05, 3.63) is 0 Å². The third kappa shape index (κ3) is 3.46. The Labute approximate surface area is 115 Å². The minimum atomic E-state index is -3.42. The van der Waals surface area contributed by atoms with E-state index in [1.54, 1.807) is 0 Å². The maximum absolute atomic E-state index is 12.2. The molecule has 110 valence electrons. The SMILES string of the molecule is CC(C)(C)NS(=O)(=O)N1CCC2(CC1)CNC(=O)C2. The van der Waals surface area contributed by atoms with Crippen LogP contribution in [-0.2, 0) is 15.0 Å². The summed E-state index contributed by atoms with van der Waals surface area (Å²) in [6, 6.07) is 0. The van der Waals surface area contributed by atoms with Gasteiger partial charge >= 0.3 is 0 Å². The minimum Gasteiger partial charge on any atom is -0.356 e. The molecule has 2 saturated heterocycles. The van der Waals surface area contributed by atoms with Crippen LogP contribution in [0.15, 0.2) is 0 Å². The van der Waals surface area contributed by atoms with Gasteiger partial charge in [-0.15, -0.1) is 0 Å². The number of piperidine rings is 1. The molecule has 0 atom stereocenters. The predicted octanol–water partition coefficient (Wildman–Crippen LogP) is 0.221. The summed E-state index contributed by atoms with van der Waals surface area (Å²) in [5, 5.41) is 2.85. The van der Waals surface area contributed by atoms with Crippen LogP contribution in [-0.4, -0.2) is 43.8 Å². The molecule has 0 aromatic heterocycles. The number of rotatable bonds is 2. The second kappa shape index (κ2) is 4.71. The van der Waals surface area contributed by atoms with Gasteiger partial charge in [-0.25, -0.2) is 0 Å². The van der Waals surface area contributed by atoms with Gasteiger partial charge in [0, 0.05) is 31.6 Å². The van der Waals surface area contributed by atoms with E-state index in [9.17, 15) is 13.2 Å². The lowest BCUT2D eigenvalue weighted by molar-refractivity contribution is -0.119. The number of nitrogens with zero attached hydrogens (tertiary/aromatic N) is 1. The van der Waals surface area contributed by atoms with Gasteiger partial charge in [0.05, 0.1) is 0 Å². The molecule has 2 aliphatic heterocycles. The topological polar surface area (TPSA) is 78.5 Å². The van der Waals surface area contributed by atoms with E-state index in [2.05, 4.69) is 10.0 Å². The molecule has 0 saturated carbocycles. The van der Waals surface area contributed by atoms with Gasteiger partial charge in [-0.1, -0.05) is 0 Å². The van der Waals surface area contributed by atoms with Crippen molar-refractivity contribution >= 4 is 16.1 Å². The highest BCUT2D eigenvalue weighted by atomic mass is 32.2. The van der Waals surface area contributed by atoms with E-state index in [1.807, 2.05) is 20.8 Å². The van der Waals surface area contributed by atoms with E-state index in [0.717, 1.165) is 12.8 Å². The highest BCUT2D eigenvalue weighted by Gasteiger charge is 2.43. The summed E-state index contributed by atoms with van der Waals surface area (Å²) >= 11 is 0. The van der Waals surface area contributed by atoms with Crippen LogP contribution in [0.25, 0.3) is 0 Å². The van der Waals surface area contributed by atoms with Gasteiger partial charge in [0.1, 0.15) is 0 Å². The first kappa shape index (κ1) is 14.7. The Balaban J connectivity index is 1.98. The molecule has 1 spiro atoms. The van der Waals surface area contributed by atoms with Crippen molar-refractivity contribution in [3.63, 3.8) is 0 Å². The average Bonchev–Trinajstić information content (AvgIpc) is 2.57. The second-order valence-corrected chi connectivity index (χ2v) is 8.38. The summed E-state index contributed by atoms with van der Waals surface area (Å²) in [4.78, 5) is 11.3. The van der Waals surface area contributed by atoms with Gasteiger partial charge in [-0.2, -0.15) is 17.4 Å². The Hall–Kier alpha value is -0.660. The number of carbonyl (C=O) groups excluding carboxylic acids is 1. The molecular weight excluding hydrogens is 266 g/mol. The van der Waals surface area contributed by atoms with Crippen molar-refractivity contribution in [2.24, 2.45) is 5.41 Å². The Morgan fingerprint density at radius 1 is 1.26 bits per heavy atom. The van der Waals surface area contributed by atoms with E-state index in [-0.39, 0.29) is 11.3 Å². The lowest BCUT2D eigenvalue weighted by Crippen LogP contribution is -2.52. The molecule has 0 radical (unpaired) electrons. The van der Waals surface area contributed by atoms with Crippen LogP contribution >= 0.6 is 0 Å². The van der Waals surface area contributed by atoms with Crippen molar-refractivity contribution in [1.82, 2.24) is 14.3 Å². The highest BCUT2D eigenvalue weighted by Crippen LogP contribution is 2.37. The molecule has 0 aromatic rings. The van der Waals surface area contributed by atoms with Crippen molar-refractivity contribution in [1.29, 1.82) is 0 Å². The lowest BCUT2D eigenvalue weighted by atomic mass is 9.78. The molecule has 2 rings (SSSR count). The molecule has 0 unspecified atom stereocenters. The molecule has 0 aliphatic carbocycles. The zero-order chi connectivity index (χ0) is 14.3. The van der Waals surface area contributed by atoms with Crippen LogP contribution in [0.3, 0.4) is 0 Å². The smallest absolute Gasteiger partial charge is 0.279 e. The van der Waals surface area contributed by atoms with Crippen molar-refractivity contribution in [3.8, 4) is 0 Å². The van der Waals surface area contributed by atoms with E-state index < -0.39 is 15.7 Å². The highest BCUT2D eigenvalue weighted by molar-refractivity contribution is 7.87. The van der Waals surface area contributed by atoms with Crippen molar-refractivity contribution < 1.29 is 13.2 Å². The Morgan fingerprint density at radius 3 is 2.26 bits per heavy atom. The quantitative estimate of drug-likeness (QED) is 0.763. The van der Waals surface area contributed by atoms with Gasteiger partial charge in [0.15, 0.2) is 0 Å². The van der Waals surface area contributed by atoms with Crippen LogP contribution in [0, 0.1) is 5.41 Å². The third-order valence-electron chi connectivity index (χ3n) is 3.75. The third-order valence-corrected chi connectivity index (χ3v) is 5.67.